The molecule has 4 heterocycles. The summed E-state index contributed by atoms with van der Waals surface area (Å²) in [7, 11) is 1.72. The van der Waals surface area contributed by atoms with Crippen molar-refractivity contribution in [1.82, 2.24) is 29.2 Å². The molecule has 1 aliphatic heterocycles. The van der Waals surface area contributed by atoms with Crippen LogP contribution >= 0.6 is 23.5 Å². The lowest BCUT2D eigenvalue weighted by molar-refractivity contribution is 0.0980. The first kappa shape index (κ1) is 28.6. The maximum atomic E-state index is 13.6. The van der Waals surface area contributed by atoms with Crippen LogP contribution < -0.4 is 25.4 Å². The van der Waals surface area contributed by atoms with Crippen molar-refractivity contribution in [1.29, 1.82) is 0 Å². The molecule has 0 saturated carbocycles. The Morgan fingerprint density at radius 2 is 1.78 bits per heavy atom. The Hall–Kier alpha value is -3.97. The molecule has 1 fully saturated rings. The van der Waals surface area contributed by atoms with E-state index in [1.807, 2.05) is 30.9 Å². The van der Waals surface area contributed by atoms with Crippen LogP contribution in [0, 0.1) is 12.7 Å². The average molecular weight is 598 g/mol. The molecule has 0 aliphatic carbocycles. The summed E-state index contributed by atoms with van der Waals surface area (Å²) >= 11 is 7.25. The topological polar surface area (TPSA) is 121 Å². The zero-order chi connectivity index (χ0) is 29.3. The van der Waals surface area contributed by atoms with E-state index in [2.05, 4.69) is 29.9 Å². The van der Waals surface area contributed by atoms with Gasteiger partial charge < -0.3 is 15.1 Å². The van der Waals surface area contributed by atoms with Crippen molar-refractivity contribution in [2.45, 2.75) is 19.9 Å². The van der Waals surface area contributed by atoms with E-state index in [-0.39, 0.29) is 28.4 Å². The molecule has 5 rings (SSSR count). The van der Waals surface area contributed by atoms with Gasteiger partial charge in [0, 0.05) is 45.0 Å². The molecule has 1 aromatic carbocycles. The number of piperazine rings is 1. The van der Waals surface area contributed by atoms with Crippen LogP contribution in [0.15, 0.2) is 41.5 Å². The highest BCUT2D eigenvalue weighted by Gasteiger charge is 2.25. The summed E-state index contributed by atoms with van der Waals surface area (Å²) in [6.07, 6.45) is 4.05. The van der Waals surface area contributed by atoms with Gasteiger partial charge in [0.1, 0.15) is 5.15 Å². The molecular weight excluding hydrogens is 569 g/mol. The molecule has 1 amide bonds. The SMILES string of the molecule is CSNC(=O)c1nc(Cl)ccc1NC(C)c1cc(C)cc2c(=O)n(C)c(N3CCN(c4ncc(F)cn4)CC3)nc12. The molecule has 1 aliphatic rings. The van der Waals surface area contributed by atoms with Gasteiger partial charge in [-0.05, 0) is 37.6 Å². The number of carbonyl (C=O) groups excluding carboxylic acids is 1. The van der Waals surface area contributed by atoms with E-state index >= 15 is 0 Å². The Morgan fingerprint density at radius 3 is 2.46 bits per heavy atom. The zero-order valence-corrected chi connectivity index (χ0v) is 24.6. The number of rotatable bonds is 7. The maximum absolute atomic E-state index is 13.6. The van der Waals surface area contributed by atoms with Crippen LogP contribution in [0.1, 0.15) is 34.6 Å². The number of aryl methyl sites for hydroxylation is 1. The summed E-state index contributed by atoms with van der Waals surface area (Å²) in [5, 5.41) is 4.08. The largest absolute Gasteiger partial charge is 0.377 e. The van der Waals surface area contributed by atoms with Gasteiger partial charge in [0.25, 0.3) is 11.5 Å². The summed E-state index contributed by atoms with van der Waals surface area (Å²) in [5.41, 5.74) is 2.82. The predicted molar refractivity (Wildman–Crippen MR) is 160 cm³/mol. The quantitative estimate of drug-likeness (QED) is 0.241. The third-order valence-electron chi connectivity index (χ3n) is 6.89. The van der Waals surface area contributed by atoms with Crippen LogP contribution in [0.25, 0.3) is 10.9 Å². The van der Waals surface area contributed by atoms with Crippen LogP contribution in [0.2, 0.25) is 5.15 Å². The first-order chi connectivity index (χ1) is 19.7. The third kappa shape index (κ3) is 5.91. The molecule has 1 unspecified atom stereocenters. The summed E-state index contributed by atoms with van der Waals surface area (Å²) in [6.45, 7) is 6.20. The Kier molecular flexibility index (Phi) is 8.27. The maximum Gasteiger partial charge on any atom is 0.281 e. The van der Waals surface area contributed by atoms with Gasteiger partial charge in [0.2, 0.25) is 11.9 Å². The van der Waals surface area contributed by atoms with E-state index in [9.17, 15) is 14.0 Å². The summed E-state index contributed by atoms with van der Waals surface area (Å²) in [6, 6.07) is 6.83. The lowest BCUT2D eigenvalue weighted by Gasteiger charge is -2.36. The average Bonchev–Trinajstić information content (AvgIpc) is 2.96. The van der Waals surface area contributed by atoms with Crippen LogP contribution in [-0.4, -0.2) is 62.8 Å². The molecule has 1 saturated heterocycles. The molecule has 0 bridgehead atoms. The highest BCUT2D eigenvalue weighted by molar-refractivity contribution is 7.97. The first-order valence-electron chi connectivity index (χ1n) is 12.9. The molecular formula is C27H29ClFN9O2S. The van der Waals surface area contributed by atoms with Crippen LogP contribution in [0.3, 0.4) is 0 Å². The Balaban J connectivity index is 1.48. The fourth-order valence-electron chi connectivity index (χ4n) is 4.91. The number of carbonyl (C=O) groups is 1. The number of hydrogen-bond donors (Lipinski definition) is 2. The number of amides is 1. The second-order valence-electron chi connectivity index (χ2n) is 9.73. The van der Waals surface area contributed by atoms with Crippen LogP contribution in [0.4, 0.5) is 22.0 Å². The van der Waals surface area contributed by atoms with Gasteiger partial charge in [0.15, 0.2) is 11.5 Å². The molecule has 1 atom stereocenters. The minimum atomic E-state index is -0.482. The smallest absolute Gasteiger partial charge is 0.281 e. The number of aromatic nitrogens is 5. The lowest BCUT2D eigenvalue weighted by Crippen LogP contribution is -2.48. The van der Waals surface area contributed by atoms with E-state index in [4.69, 9.17) is 16.6 Å². The fourth-order valence-corrected chi connectivity index (χ4v) is 5.34. The van der Waals surface area contributed by atoms with Crippen molar-refractivity contribution < 1.29 is 9.18 Å². The monoisotopic (exact) mass is 597 g/mol. The number of benzene rings is 1. The van der Waals surface area contributed by atoms with E-state index in [1.54, 1.807) is 30.0 Å². The molecule has 3 aromatic heterocycles. The standard InChI is InChI=1S/C27H29ClFN9O2S/c1-15-11-18(16(2)32-20-5-6-21(28)33-23(20)24(39)35-41-4)22-19(12-15)25(40)36(3)27(34-22)38-9-7-37(8-10-38)26-30-13-17(29)14-31-26/h5-6,11-14,16,32H,7-10H2,1-4H3,(H,35,39). The van der Waals surface area contributed by atoms with Gasteiger partial charge in [-0.3, -0.25) is 18.9 Å². The molecule has 214 valence electrons. The van der Waals surface area contributed by atoms with Gasteiger partial charge in [0.05, 0.1) is 35.0 Å². The van der Waals surface area contributed by atoms with Gasteiger partial charge in [-0.2, -0.15) is 0 Å². The van der Waals surface area contributed by atoms with Crippen LogP contribution in [-0.2, 0) is 7.05 Å². The number of hydrogen-bond acceptors (Lipinski definition) is 10. The molecule has 4 aromatic rings. The highest BCUT2D eigenvalue weighted by Crippen LogP contribution is 2.29. The minimum Gasteiger partial charge on any atom is -0.377 e. The van der Waals surface area contributed by atoms with E-state index in [0.29, 0.717) is 54.7 Å². The van der Waals surface area contributed by atoms with E-state index in [0.717, 1.165) is 23.5 Å². The normalized spacial score (nSPS) is 14.3. The zero-order valence-electron chi connectivity index (χ0n) is 23.0. The fraction of sp³-hybridized carbons (Fsp3) is 0.333. The molecule has 2 N–H and O–H groups in total. The molecule has 11 nitrogen and oxygen atoms in total. The lowest BCUT2D eigenvalue weighted by atomic mass is 10.0. The van der Waals surface area contributed by atoms with Crippen molar-refractivity contribution >= 4 is 57.9 Å². The van der Waals surface area contributed by atoms with Crippen molar-refractivity contribution in [2.24, 2.45) is 7.05 Å². The van der Waals surface area contributed by atoms with Gasteiger partial charge >= 0.3 is 0 Å². The molecule has 41 heavy (non-hydrogen) atoms. The third-order valence-corrected chi connectivity index (χ3v) is 7.49. The summed E-state index contributed by atoms with van der Waals surface area (Å²) in [4.78, 5) is 47.6. The molecule has 14 heteroatoms. The van der Waals surface area contributed by atoms with Crippen molar-refractivity contribution in [3.63, 3.8) is 0 Å². The second-order valence-corrected chi connectivity index (χ2v) is 10.7. The molecule has 0 radical (unpaired) electrons. The number of nitrogens with one attached hydrogen (secondary N) is 2. The molecule has 0 spiro atoms. The number of nitrogens with zero attached hydrogens (tertiary/aromatic N) is 7. The second kappa shape index (κ2) is 11.9. The Bertz CT molecular complexity index is 1660. The Labute approximate surface area is 245 Å². The minimum absolute atomic E-state index is 0.153. The summed E-state index contributed by atoms with van der Waals surface area (Å²) in [5.74, 6) is 0.159. The number of fused-ring (bicyclic) bond motifs is 1. The highest BCUT2D eigenvalue weighted by atomic mass is 35.5. The van der Waals surface area contributed by atoms with Crippen molar-refractivity contribution in [3.05, 3.63) is 74.8 Å². The van der Waals surface area contributed by atoms with Gasteiger partial charge in [-0.25, -0.2) is 24.3 Å². The number of halogens is 2. The van der Waals surface area contributed by atoms with E-state index < -0.39 is 5.82 Å². The van der Waals surface area contributed by atoms with Gasteiger partial charge in [-0.1, -0.05) is 29.6 Å². The van der Waals surface area contributed by atoms with Gasteiger partial charge in [-0.15, -0.1) is 0 Å². The van der Waals surface area contributed by atoms with E-state index in [1.165, 1.54) is 11.9 Å². The number of pyridine rings is 1. The summed E-state index contributed by atoms with van der Waals surface area (Å²) < 4.78 is 17.5. The first-order valence-corrected chi connectivity index (χ1v) is 14.5. The van der Waals surface area contributed by atoms with Crippen LogP contribution in [0.5, 0.6) is 0 Å². The van der Waals surface area contributed by atoms with Crippen molar-refractivity contribution in [3.8, 4) is 0 Å². The Morgan fingerprint density at radius 1 is 1.10 bits per heavy atom. The predicted octanol–water partition coefficient (Wildman–Crippen LogP) is 3.73. The number of anilines is 3. The van der Waals surface area contributed by atoms with Crippen molar-refractivity contribution in [2.75, 3.05) is 47.6 Å².